The van der Waals surface area contributed by atoms with E-state index in [9.17, 15) is 4.79 Å². The SMILES string of the molecule is CC(C)(COc1ccccc1)OC=O. The van der Waals surface area contributed by atoms with Crippen LogP contribution < -0.4 is 4.74 Å². The Labute approximate surface area is 83.6 Å². The van der Waals surface area contributed by atoms with Crippen LogP contribution in [0.15, 0.2) is 30.3 Å². The molecule has 0 saturated heterocycles. The van der Waals surface area contributed by atoms with Crippen LogP contribution in [0.1, 0.15) is 13.8 Å². The summed E-state index contributed by atoms with van der Waals surface area (Å²) in [7, 11) is 0. The van der Waals surface area contributed by atoms with Gasteiger partial charge in [-0.25, -0.2) is 0 Å². The van der Waals surface area contributed by atoms with Gasteiger partial charge in [0.15, 0.2) is 0 Å². The second-order valence-corrected chi connectivity index (χ2v) is 3.58. The number of ether oxygens (including phenoxy) is 2. The van der Waals surface area contributed by atoms with E-state index in [0.717, 1.165) is 5.75 Å². The molecule has 0 fully saturated rings. The minimum absolute atomic E-state index is 0.343. The molecule has 0 aliphatic heterocycles. The summed E-state index contributed by atoms with van der Waals surface area (Å²) < 4.78 is 10.3. The third kappa shape index (κ3) is 3.47. The van der Waals surface area contributed by atoms with Crippen molar-refractivity contribution >= 4 is 6.47 Å². The van der Waals surface area contributed by atoms with E-state index >= 15 is 0 Å². The number of rotatable bonds is 5. The summed E-state index contributed by atoms with van der Waals surface area (Å²) in [5.41, 5.74) is -0.586. The molecule has 0 unspecified atom stereocenters. The van der Waals surface area contributed by atoms with E-state index in [-0.39, 0.29) is 0 Å². The van der Waals surface area contributed by atoms with Crippen molar-refractivity contribution in [3.8, 4) is 5.75 Å². The van der Waals surface area contributed by atoms with Crippen molar-refractivity contribution in [2.75, 3.05) is 6.61 Å². The molecule has 0 saturated carbocycles. The Morgan fingerprint density at radius 2 is 1.93 bits per heavy atom. The van der Waals surface area contributed by atoms with E-state index in [1.54, 1.807) is 13.8 Å². The number of hydrogen-bond acceptors (Lipinski definition) is 3. The number of para-hydroxylation sites is 1. The molecule has 0 aliphatic rings. The molecule has 0 N–H and O–H groups in total. The van der Waals surface area contributed by atoms with Crippen LogP contribution >= 0.6 is 0 Å². The van der Waals surface area contributed by atoms with Crippen LogP contribution in [0.3, 0.4) is 0 Å². The molecule has 3 nitrogen and oxygen atoms in total. The molecule has 1 aromatic rings. The fourth-order valence-corrected chi connectivity index (χ4v) is 0.938. The van der Waals surface area contributed by atoms with Gasteiger partial charge in [0, 0.05) is 0 Å². The van der Waals surface area contributed by atoms with E-state index in [2.05, 4.69) is 0 Å². The van der Waals surface area contributed by atoms with Gasteiger partial charge in [-0.3, -0.25) is 4.79 Å². The molecular weight excluding hydrogens is 180 g/mol. The van der Waals surface area contributed by atoms with Crippen LogP contribution in [-0.2, 0) is 9.53 Å². The zero-order valence-electron chi connectivity index (χ0n) is 8.40. The normalized spacial score (nSPS) is 10.7. The summed E-state index contributed by atoms with van der Waals surface area (Å²) >= 11 is 0. The fraction of sp³-hybridized carbons (Fsp3) is 0.364. The van der Waals surface area contributed by atoms with Crippen molar-refractivity contribution in [1.82, 2.24) is 0 Å². The summed E-state index contributed by atoms with van der Waals surface area (Å²) in [6, 6.07) is 9.42. The van der Waals surface area contributed by atoms with Gasteiger partial charge in [0.1, 0.15) is 18.0 Å². The number of carbonyl (C=O) groups is 1. The van der Waals surface area contributed by atoms with Crippen LogP contribution in [0, 0.1) is 0 Å². The quantitative estimate of drug-likeness (QED) is 0.673. The number of benzene rings is 1. The highest BCUT2D eigenvalue weighted by atomic mass is 16.6. The van der Waals surface area contributed by atoms with E-state index < -0.39 is 5.60 Å². The lowest BCUT2D eigenvalue weighted by Crippen LogP contribution is -2.31. The lowest BCUT2D eigenvalue weighted by Gasteiger charge is -2.22. The van der Waals surface area contributed by atoms with Crippen LogP contribution in [-0.4, -0.2) is 18.7 Å². The van der Waals surface area contributed by atoms with Gasteiger partial charge in [0.25, 0.3) is 6.47 Å². The molecule has 1 rings (SSSR count). The first-order valence-corrected chi connectivity index (χ1v) is 4.43. The molecule has 3 heteroatoms. The van der Waals surface area contributed by atoms with Crippen LogP contribution in [0.5, 0.6) is 5.75 Å². The number of carbonyl (C=O) groups excluding carboxylic acids is 1. The molecular formula is C11H14O3. The Balaban J connectivity index is 2.44. The summed E-state index contributed by atoms with van der Waals surface area (Å²) in [5.74, 6) is 0.773. The van der Waals surface area contributed by atoms with Crippen LogP contribution in [0.25, 0.3) is 0 Å². The predicted octanol–water partition coefficient (Wildman–Crippen LogP) is 2.02. The molecule has 0 atom stereocenters. The average Bonchev–Trinajstić information content (AvgIpc) is 2.17. The van der Waals surface area contributed by atoms with Gasteiger partial charge < -0.3 is 9.47 Å². The van der Waals surface area contributed by atoms with Gasteiger partial charge in [-0.1, -0.05) is 18.2 Å². The van der Waals surface area contributed by atoms with E-state index in [1.165, 1.54) is 0 Å². The monoisotopic (exact) mass is 194 g/mol. The maximum atomic E-state index is 10.2. The molecule has 0 aliphatic carbocycles. The molecule has 0 radical (unpaired) electrons. The maximum Gasteiger partial charge on any atom is 0.293 e. The first kappa shape index (κ1) is 10.6. The van der Waals surface area contributed by atoms with Crippen molar-refractivity contribution < 1.29 is 14.3 Å². The predicted molar refractivity (Wildman–Crippen MR) is 53.2 cm³/mol. The summed E-state index contributed by atoms with van der Waals surface area (Å²) in [4.78, 5) is 10.2. The zero-order chi connectivity index (χ0) is 10.4. The smallest absolute Gasteiger partial charge is 0.293 e. The lowest BCUT2D eigenvalue weighted by atomic mass is 10.1. The topological polar surface area (TPSA) is 35.5 Å². The molecule has 0 aromatic heterocycles. The Kier molecular flexibility index (Phi) is 3.51. The second kappa shape index (κ2) is 4.65. The van der Waals surface area contributed by atoms with E-state index in [0.29, 0.717) is 13.1 Å². The molecule has 14 heavy (non-hydrogen) atoms. The maximum absolute atomic E-state index is 10.2. The van der Waals surface area contributed by atoms with Crippen LogP contribution in [0.2, 0.25) is 0 Å². The third-order valence-corrected chi connectivity index (χ3v) is 1.70. The summed E-state index contributed by atoms with van der Waals surface area (Å²) in [6.45, 7) is 4.37. The Bertz CT molecular complexity index is 280. The average molecular weight is 194 g/mol. The van der Waals surface area contributed by atoms with Gasteiger partial charge in [-0.15, -0.1) is 0 Å². The molecule has 0 amide bonds. The van der Waals surface area contributed by atoms with Crippen LogP contribution in [0.4, 0.5) is 0 Å². The minimum atomic E-state index is -0.586. The standard InChI is InChI=1S/C11H14O3/c1-11(2,14-9-12)8-13-10-6-4-3-5-7-10/h3-7,9H,8H2,1-2H3. The van der Waals surface area contributed by atoms with Crippen molar-refractivity contribution in [2.45, 2.75) is 19.4 Å². The van der Waals surface area contributed by atoms with Crippen molar-refractivity contribution in [3.63, 3.8) is 0 Å². The molecule has 0 heterocycles. The fourth-order valence-electron chi connectivity index (χ4n) is 0.938. The minimum Gasteiger partial charge on any atom is -0.489 e. The highest BCUT2D eigenvalue weighted by Crippen LogP contribution is 2.13. The van der Waals surface area contributed by atoms with Crippen molar-refractivity contribution in [2.24, 2.45) is 0 Å². The molecule has 0 bridgehead atoms. The molecule has 1 aromatic carbocycles. The summed E-state index contributed by atoms with van der Waals surface area (Å²) in [6.07, 6.45) is 0. The molecule has 0 spiro atoms. The van der Waals surface area contributed by atoms with Crippen molar-refractivity contribution in [1.29, 1.82) is 0 Å². The molecule has 76 valence electrons. The zero-order valence-corrected chi connectivity index (χ0v) is 8.40. The highest BCUT2D eigenvalue weighted by Gasteiger charge is 2.19. The second-order valence-electron chi connectivity index (χ2n) is 3.58. The van der Waals surface area contributed by atoms with Crippen molar-refractivity contribution in [3.05, 3.63) is 30.3 Å². The largest absolute Gasteiger partial charge is 0.489 e. The van der Waals surface area contributed by atoms with Gasteiger partial charge in [-0.05, 0) is 26.0 Å². The Morgan fingerprint density at radius 3 is 2.50 bits per heavy atom. The van der Waals surface area contributed by atoms with Gasteiger partial charge >= 0.3 is 0 Å². The Morgan fingerprint density at radius 1 is 1.29 bits per heavy atom. The van der Waals surface area contributed by atoms with Gasteiger partial charge in [0.2, 0.25) is 0 Å². The first-order chi connectivity index (χ1) is 6.64. The van der Waals surface area contributed by atoms with E-state index in [1.807, 2.05) is 30.3 Å². The van der Waals surface area contributed by atoms with E-state index in [4.69, 9.17) is 9.47 Å². The van der Waals surface area contributed by atoms with Gasteiger partial charge in [0.05, 0.1) is 0 Å². The lowest BCUT2D eigenvalue weighted by molar-refractivity contribution is -0.142. The summed E-state index contributed by atoms with van der Waals surface area (Å²) in [5, 5.41) is 0. The van der Waals surface area contributed by atoms with Gasteiger partial charge in [-0.2, -0.15) is 0 Å². The number of hydrogen-bond donors (Lipinski definition) is 0. The highest BCUT2D eigenvalue weighted by molar-refractivity contribution is 5.38. The first-order valence-electron chi connectivity index (χ1n) is 4.43. The Hall–Kier alpha value is -1.51. The third-order valence-electron chi connectivity index (χ3n) is 1.70.